The van der Waals surface area contributed by atoms with Crippen LogP contribution in [0.5, 0.6) is 0 Å². The molecule has 6 heteroatoms. The molecule has 4 rings (SSSR count). The Morgan fingerprint density at radius 3 is 2.68 bits per heavy atom. The van der Waals surface area contributed by atoms with Gasteiger partial charge in [-0.05, 0) is 31.1 Å². The highest BCUT2D eigenvalue weighted by molar-refractivity contribution is 5.87. The fourth-order valence-electron chi connectivity index (χ4n) is 3.56. The molecule has 6 nitrogen and oxygen atoms in total. The fraction of sp³-hybridized carbons (Fsp3) is 0.474. The van der Waals surface area contributed by atoms with Crippen LogP contribution >= 0.6 is 0 Å². The monoisotopic (exact) mass is 339 g/mol. The maximum Gasteiger partial charge on any atom is 0.145 e. The molecule has 1 saturated heterocycles. The van der Waals surface area contributed by atoms with Crippen molar-refractivity contribution in [3.63, 3.8) is 0 Å². The van der Waals surface area contributed by atoms with Crippen molar-refractivity contribution < 1.29 is 4.74 Å². The van der Waals surface area contributed by atoms with Gasteiger partial charge in [-0.15, -0.1) is 0 Å². The van der Waals surface area contributed by atoms with E-state index in [2.05, 4.69) is 25.8 Å². The molecule has 2 aromatic rings. The highest BCUT2D eigenvalue weighted by Crippen LogP contribution is 2.18. The van der Waals surface area contributed by atoms with Gasteiger partial charge in [0, 0.05) is 38.1 Å². The summed E-state index contributed by atoms with van der Waals surface area (Å²) in [7, 11) is 0. The molecule has 2 aliphatic rings. The summed E-state index contributed by atoms with van der Waals surface area (Å²) in [6.07, 6.45) is 6.56. The minimum atomic E-state index is 0.347. The molecule has 0 unspecified atom stereocenters. The number of benzene rings is 1. The Labute approximate surface area is 148 Å². The molecule has 1 atom stereocenters. The number of nitrogen functional groups attached to an aromatic ring is 1. The molecule has 2 aliphatic heterocycles. The average Bonchev–Trinajstić information content (AvgIpc) is 2.64. The molecular formula is C19H25N5O. The smallest absolute Gasteiger partial charge is 0.145 e. The van der Waals surface area contributed by atoms with Gasteiger partial charge in [0.15, 0.2) is 0 Å². The first-order valence-corrected chi connectivity index (χ1v) is 9.04. The molecule has 0 saturated carbocycles. The zero-order chi connectivity index (χ0) is 17.1. The highest BCUT2D eigenvalue weighted by Gasteiger charge is 2.22. The SMILES string of the molecule is Nc1nc(CN2CCN(C[C@H]3CCC=CO3)CC2)nc2ccccc12. The van der Waals surface area contributed by atoms with E-state index < -0.39 is 0 Å². The van der Waals surface area contributed by atoms with Crippen LogP contribution in [0.2, 0.25) is 0 Å². The summed E-state index contributed by atoms with van der Waals surface area (Å²) in [6.45, 7) is 5.96. The molecule has 0 amide bonds. The van der Waals surface area contributed by atoms with Gasteiger partial charge in [0.2, 0.25) is 0 Å². The van der Waals surface area contributed by atoms with E-state index in [1.165, 1.54) is 0 Å². The van der Waals surface area contributed by atoms with Crippen LogP contribution in [0.3, 0.4) is 0 Å². The van der Waals surface area contributed by atoms with E-state index in [0.29, 0.717) is 11.9 Å². The van der Waals surface area contributed by atoms with Crippen molar-refractivity contribution in [2.24, 2.45) is 0 Å². The van der Waals surface area contributed by atoms with E-state index in [1.807, 2.05) is 30.5 Å². The standard InChI is InChI=1S/C19H25N5O/c20-19-16-6-1-2-7-17(16)21-18(22-19)14-24-10-8-23(9-11-24)13-15-5-3-4-12-25-15/h1-2,4,6-7,12,15H,3,5,8-11,13-14H2,(H2,20,21,22)/t15-/m1/s1. The molecule has 0 bridgehead atoms. The van der Waals surface area contributed by atoms with Gasteiger partial charge >= 0.3 is 0 Å². The lowest BCUT2D eigenvalue weighted by atomic mass is 10.1. The number of rotatable bonds is 4. The summed E-state index contributed by atoms with van der Waals surface area (Å²) in [5.41, 5.74) is 7.01. The van der Waals surface area contributed by atoms with Crippen molar-refractivity contribution in [1.82, 2.24) is 19.8 Å². The van der Waals surface area contributed by atoms with Crippen molar-refractivity contribution in [3.8, 4) is 0 Å². The van der Waals surface area contributed by atoms with Crippen LogP contribution in [0.25, 0.3) is 10.9 Å². The Morgan fingerprint density at radius 2 is 1.88 bits per heavy atom. The predicted molar refractivity (Wildman–Crippen MR) is 98.9 cm³/mol. The van der Waals surface area contributed by atoms with Gasteiger partial charge in [0.25, 0.3) is 0 Å². The largest absolute Gasteiger partial charge is 0.497 e. The number of nitrogens with two attached hydrogens (primary N) is 1. The second kappa shape index (κ2) is 7.37. The van der Waals surface area contributed by atoms with Gasteiger partial charge in [0.1, 0.15) is 17.7 Å². The van der Waals surface area contributed by atoms with Gasteiger partial charge < -0.3 is 10.5 Å². The second-order valence-electron chi connectivity index (χ2n) is 6.83. The Kier molecular flexibility index (Phi) is 4.81. The first kappa shape index (κ1) is 16.3. The lowest BCUT2D eigenvalue weighted by Gasteiger charge is -2.36. The Hall–Kier alpha value is -2.18. The summed E-state index contributed by atoms with van der Waals surface area (Å²) < 4.78 is 5.69. The molecule has 1 aromatic carbocycles. The quantitative estimate of drug-likeness (QED) is 0.919. The van der Waals surface area contributed by atoms with Crippen LogP contribution in [0.4, 0.5) is 5.82 Å². The van der Waals surface area contributed by atoms with E-state index in [9.17, 15) is 0 Å². The first-order chi connectivity index (χ1) is 12.3. The van der Waals surface area contributed by atoms with Crippen LogP contribution < -0.4 is 5.73 Å². The predicted octanol–water partition coefficient (Wildman–Crippen LogP) is 2.02. The molecule has 0 aliphatic carbocycles. The minimum Gasteiger partial charge on any atom is -0.497 e. The molecule has 132 valence electrons. The Balaban J connectivity index is 1.33. The van der Waals surface area contributed by atoms with Crippen molar-refractivity contribution in [2.75, 3.05) is 38.5 Å². The summed E-state index contributed by atoms with van der Waals surface area (Å²) in [6, 6.07) is 7.91. The lowest BCUT2D eigenvalue weighted by Crippen LogP contribution is -2.48. The molecule has 3 heterocycles. The molecule has 2 N–H and O–H groups in total. The number of piperazine rings is 1. The number of hydrogen-bond donors (Lipinski definition) is 1. The summed E-state index contributed by atoms with van der Waals surface area (Å²) in [4.78, 5) is 14.1. The van der Waals surface area contributed by atoms with E-state index >= 15 is 0 Å². The Bertz CT molecular complexity index is 755. The van der Waals surface area contributed by atoms with Gasteiger partial charge in [-0.3, -0.25) is 9.80 Å². The van der Waals surface area contributed by atoms with Gasteiger partial charge in [-0.1, -0.05) is 12.1 Å². The van der Waals surface area contributed by atoms with Crippen molar-refractivity contribution in [3.05, 3.63) is 42.4 Å². The van der Waals surface area contributed by atoms with Crippen LogP contribution in [0.15, 0.2) is 36.6 Å². The molecular weight excluding hydrogens is 314 g/mol. The molecule has 0 radical (unpaired) electrons. The van der Waals surface area contributed by atoms with Crippen molar-refractivity contribution >= 4 is 16.7 Å². The van der Waals surface area contributed by atoms with Gasteiger partial charge in [0.05, 0.1) is 18.3 Å². The third-order valence-corrected chi connectivity index (χ3v) is 4.99. The number of para-hydroxylation sites is 1. The molecule has 0 spiro atoms. The normalized spacial score (nSPS) is 22.2. The highest BCUT2D eigenvalue weighted by atomic mass is 16.5. The van der Waals surface area contributed by atoms with Crippen LogP contribution in [-0.4, -0.2) is 58.6 Å². The number of hydrogen-bond acceptors (Lipinski definition) is 6. The minimum absolute atomic E-state index is 0.347. The number of allylic oxidation sites excluding steroid dienone is 1. The molecule has 1 aromatic heterocycles. The maximum absolute atomic E-state index is 6.09. The van der Waals surface area contributed by atoms with E-state index in [-0.39, 0.29) is 0 Å². The number of aromatic nitrogens is 2. The Morgan fingerprint density at radius 1 is 1.08 bits per heavy atom. The third-order valence-electron chi connectivity index (χ3n) is 4.99. The first-order valence-electron chi connectivity index (χ1n) is 9.04. The van der Waals surface area contributed by atoms with Gasteiger partial charge in [-0.2, -0.15) is 0 Å². The zero-order valence-corrected chi connectivity index (χ0v) is 14.5. The average molecular weight is 339 g/mol. The summed E-state index contributed by atoms with van der Waals surface area (Å²) in [5, 5.41) is 0.928. The molecule has 1 fully saturated rings. The second-order valence-corrected chi connectivity index (χ2v) is 6.83. The van der Waals surface area contributed by atoms with Crippen LogP contribution in [0, 0.1) is 0 Å². The maximum atomic E-state index is 6.09. The van der Waals surface area contributed by atoms with E-state index in [0.717, 1.165) is 68.8 Å². The van der Waals surface area contributed by atoms with Crippen molar-refractivity contribution in [2.45, 2.75) is 25.5 Å². The van der Waals surface area contributed by atoms with Crippen LogP contribution in [-0.2, 0) is 11.3 Å². The number of anilines is 1. The summed E-state index contributed by atoms with van der Waals surface area (Å²) >= 11 is 0. The number of ether oxygens (including phenoxy) is 1. The van der Waals surface area contributed by atoms with E-state index in [1.54, 1.807) is 0 Å². The van der Waals surface area contributed by atoms with Crippen molar-refractivity contribution in [1.29, 1.82) is 0 Å². The molecule has 25 heavy (non-hydrogen) atoms. The fourth-order valence-corrected chi connectivity index (χ4v) is 3.56. The third kappa shape index (κ3) is 3.91. The number of fused-ring (bicyclic) bond motifs is 1. The topological polar surface area (TPSA) is 67.5 Å². The zero-order valence-electron chi connectivity index (χ0n) is 14.5. The van der Waals surface area contributed by atoms with E-state index in [4.69, 9.17) is 10.5 Å². The number of nitrogens with zero attached hydrogens (tertiary/aromatic N) is 4. The van der Waals surface area contributed by atoms with Crippen LogP contribution in [0.1, 0.15) is 18.7 Å². The lowest BCUT2D eigenvalue weighted by molar-refractivity contribution is 0.0507. The van der Waals surface area contributed by atoms with Gasteiger partial charge in [-0.25, -0.2) is 9.97 Å². The summed E-state index contributed by atoms with van der Waals surface area (Å²) in [5.74, 6) is 1.38.